The topological polar surface area (TPSA) is 237 Å². The predicted molar refractivity (Wildman–Crippen MR) is 368 cm³/mol. The molecule has 0 bridgehead atoms. The number of carbonyl (C=O) groups excluding carboxylic acids is 4. The van der Waals surface area contributed by atoms with E-state index in [4.69, 9.17) is 37.0 Å². The van der Waals surface area contributed by atoms with E-state index >= 15 is 0 Å². The molecule has 0 aromatic heterocycles. The van der Waals surface area contributed by atoms with Crippen molar-refractivity contribution in [2.45, 2.75) is 381 Å². The van der Waals surface area contributed by atoms with Crippen molar-refractivity contribution in [3.8, 4) is 0 Å². The molecule has 0 saturated heterocycles. The number of rotatable bonds is 70. The molecule has 0 rings (SSSR count). The van der Waals surface area contributed by atoms with Crippen molar-refractivity contribution in [3.63, 3.8) is 0 Å². The maximum Gasteiger partial charge on any atom is 0.472 e. The van der Waals surface area contributed by atoms with Gasteiger partial charge in [-0.15, -0.1) is 0 Å². The third kappa shape index (κ3) is 66.5. The molecule has 0 aliphatic carbocycles. The van der Waals surface area contributed by atoms with Crippen LogP contribution in [0.2, 0.25) is 0 Å². The standard InChI is InChI=1S/C72H140O17P2/c1-8-9-10-11-29-39-46-53-69(74)82-59-68(89-72(77)56-49-42-35-34-38-45-52-65(6)7)62-87-91(80,81)85-58-66(73)57-84-90(78,79)86-61-67(60-83-70(75)54-47-40-32-27-23-19-16-15-18-22-26-31-37-44-51-64(4)5)88-71(76)55-48-41-33-28-24-20-14-12-13-17-21-25-30-36-43-50-63(2)3/h63-68,73H,8-62H2,1-7H3,(H,78,79)(H,80,81)/t66-,67-,68-/m1/s1. The summed E-state index contributed by atoms with van der Waals surface area (Å²) >= 11 is 0. The second-order valence-electron chi connectivity index (χ2n) is 27.4. The highest BCUT2D eigenvalue weighted by atomic mass is 31.2. The smallest absolute Gasteiger partial charge is 0.462 e. The minimum atomic E-state index is -4.95. The first kappa shape index (κ1) is 89.1. The molecule has 0 aliphatic rings. The van der Waals surface area contributed by atoms with Crippen LogP contribution in [0.3, 0.4) is 0 Å². The fraction of sp³-hybridized carbons (Fsp3) is 0.944. The second kappa shape index (κ2) is 62.8. The molecule has 0 radical (unpaired) electrons. The third-order valence-corrected chi connectivity index (χ3v) is 18.5. The quantitative estimate of drug-likeness (QED) is 0.0222. The van der Waals surface area contributed by atoms with Crippen molar-refractivity contribution < 1.29 is 80.2 Å². The third-order valence-electron chi connectivity index (χ3n) is 16.6. The van der Waals surface area contributed by atoms with E-state index in [1.54, 1.807) is 0 Å². The zero-order chi connectivity index (χ0) is 67.3. The number of hydrogen-bond acceptors (Lipinski definition) is 15. The normalized spacial score (nSPS) is 14.2. The summed E-state index contributed by atoms with van der Waals surface area (Å²) in [6.45, 7) is 11.8. The Kier molecular flexibility index (Phi) is 61.5. The molecular formula is C72H140O17P2. The van der Waals surface area contributed by atoms with Gasteiger partial charge >= 0.3 is 39.5 Å². The summed E-state index contributed by atoms with van der Waals surface area (Å²) in [5.41, 5.74) is 0. The minimum absolute atomic E-state index is 0.102. The summed E-state index contributed by atoms with van der Waals surface area (Å²) in [7, 11) is -9.90. The number of ether oxygens (including phenoxy) is 4. The molecule has 91 heavy (non-hydrogen) atoms. The largest absolute Gasteiger partial charge is 0.472 e. The Morgan fingerprint density at radius 1 is 0.297 bits per heavy atom. The molecular weight excluding hydrogens is 1200 g/mol. The zero-order valence-corrected chi connectivity index (χ0v) is 61.1. The van der Waals surface area contributed by atoms with Crippen molar-refractivity contribution in [1.82, 2.24) is 0 Å². The first-order valence-corrected chi connectivity index (χ1v) is 40.3. The molecule has 3 N–H and O–H groups in total. The van der Waals surface area contributed by atoms with Gasteiger partial charge in [-0.2, -0.15) is 0 Å². The lowest BCUT2D eigenvalue weighted by Gasteiger charge is -2.21. The first-order valence-electron chi connectivity index (χ1n) is 37.3. The molecule has 0 aromatic carbocycles. The maximum absolute atomic E-state index is 13.0. The van der Waals surface area contributed by atoms with E-state index in [1.807, 2.05) is 0 Å². The average molecular weight is 1340 g/mol. The first-order chi connectivity index (χ1) is 43.7. The molecule has 0 amide bonds. The van der Waals surface area contributed by atoms with Gasteiger partial charge in [0.05, 0.1) is 26.4 Å². The molecule has 540 valence electrons. The molecule has 0 spiro atoms. The van der Waals surface area contributed by atoms with E-state index in [9.17, 15) is 43.2 Å². The summed E-state index contributed by atoms with van der Waals surface area (Å²) < 4.78 is 68.2. The van der Waals surface area contributed by atoms with E-state index in [2.05, 4.69) is 48.5 Å². The second-order valence-corrected chi connectivity index (χ2v) is 30.3. The van der Waals surface area contributed by atoms with Crippen LogP contribution in [0.5, 0.6) is 0 Å². The van der Waals surface area contributed by atoms with Gasteiger partial charge in [0.2, 0.25) is 0 Å². The zero-order valence-electron chi connectivity index (χ0n) is 59.3. The number of phosphoric acid groups is 2. The number of aliphatic hydroxyl groups is 1. The maximum atomic E-state index is 13.0. The Bertz CT molecular complexity index is 1780. The number of carbonyl (C=O) groups is 4. The Morgan fingerprint density at radius 3 is 0.747 bits per heavy atom. The summed E-state index contributed by atoms with van der Waals surface area (Å²) in [4.78, 5) is 72.4. The van der Waals surface area contributed by atoms with Gasteiger partial charge in [-0.1, -0.05) is 312 Å². The highest BCUT2D eigenvalue weighted by Crippen LogP contribution is 2.45. The number of aliphatic hydroxyl groups excluding tert-OH is 1. The SMILES string of the molecule is CCCCCCCCCC(=O)OC[C@H](COP(=O)(O)OC[C@H](O)COP(=O)(O)OC[C@@H](COC(=O)CCCCCCCCCCCCCCCCC(C)C)OC(=O)CCCCCCCCCCCCCCCCCC(C)C)OC(=O)CCCCCCCCC(C)C. The molecule has 0 saturated carbocycles. The molecule has 5 atom stereocenters. The monoisotopic (exact) mass is 1340 g/mol. The van der Waals surface area contributed by atoms with Crippen molar-refractivity contribution in [2.75, 3.05) is 39.6 Å². The lowest BCUT2D eigenvalue weighted by molar-refractivity contribution is -0.161. The summed E-state index contributed by atoms with van der Waals surface area (Å²) in [5.74, 6) is 0.139. The van der Waals surface area contributed by atoms with Gasteiger partial charge in [-0.3, -0.25) is 37.3 Å². The summed E-state index contributed by atoms with van der Waals surface area (Å²) in [6.07, 6.45) is 47.6. The van der Waals surface area contributed by atoms with Crippen molar-refractivity contribution in [2.24, 2.45) is 17.8 Å². The summed E-state index contributed by atoms with van der Waals surface area (Å²) in [5, 5.41) is 10.6. The summed E-state index contributed by atoms with van der Waals surface area (Å²) in [6, 6.07) is 0. The number of phosphoric ester groups is 2. The van der Waals surface area contributed by atoms with Crippen LogP contribution >= 0.6 is 15.6 Å². The fourth-order valence-corrected chi connectivity index (χ4v) is 12.5. The lowest BCUT2D eigenvalue weighted by Crippen LogP contribution is -2.30. The molecule has 0 fully saturated rings. The Morgan fingerprint density at radius 2 is 0.505 bits per heavy atom. The van der Waals surface area contributed by atoms with Crippen LogP contribution in [0.4, 0.5) is 0 Å². The van der Waals surface area contributed by atoms with E-state index in [0.717, 1.165) is 115 Å². The van der Waals surface area contributed by atoms with Gasteiger partial charge in [0.15, 0.2) is 12.2 Å². The minimum Gasteiger partial charge on any atom is -0.462 e. The van der Waals surface area contributed by atoms with Crippen LogP contribution in [0.15, 0.2) is 0 Å². The number of hydrogen-bond donors (Lipinski definition) is 3. The Balaban J connectivity index is 5.18. The fourth-order valence-electron chi connectivity index (χ4n) is 10.9. The van der Waals surface area contributed by atoms with Crippen LogP contribution in [-0.2, 0) is 65.4 Å². The van der Waals surface area contributed by atoms with E-state index in [0.29, 0.717) is 31.6 Å². The highest BCUT2D eigenvalue weighted by molar-refractivity contribution is 7.47. The lowest BCUT2D eigenvalue weighted by atomic mass is 10.0. The Labute approximate surface area is 556 Å². The van der Waals surface area contributed by atoms with Crippen LogP contribution in [0.25, 0.3) is 0 Å². The molecule has 0 heterocycles. The van der Waals surface area contributed by atoms with Gasteiger partial charge in [-0.05, 0) is 43.4 Å². The van der Waals surface area contributed by atoms with Crippen LogP contribution in [0.1, 0.15) is 363 Å². The van der Waals surface area contributed by atoms with Crippen molar-refractivity contribution in [3.05, 3.63) is 0 Å². The van der Waals surface area contributed by atoms with Crippen LogP contribution in [0, 0.1) is 17.8 Å². The van der Waals surface area contributed by atoms with E-state index in [-0.39, 0.29) is 25.7 Å². The molecule has 19 heteroatoms. The highest BCUT2D eigenvalue weighted by Gasteiger charge is 2.30. The number of unbranched alkanes of at least 4 members (excludes halogenated alkanes) is 38. The van der Waals surface area contributed by atoms with Gasteiger partial charge in [-0.25, -0.2) is 9.13 Å². The average Bonchev–Trinajstić information content (AvgIpc) is 3.71. The van der Waals surface area contributed by atoms with Gasteiger partial charge < -0.3 is 33.8 Å². The molecule has 0 aliphatic heterocycles. The van der Waals surface area contributed by atoms with Crippen LogP contribution < -0.4 is 0 Å². The molecule has 2 unspecified atom stereocenters. The molecule has 17 nitrogen and oxygen atoms in total. The van der Waals surface area contributed by atoms with Gasteiger partial charge in [0.1, 0.15) is 19.3 Å². The predicted octanol–water partition coefficient (Wildman–Crippen LogP) is 20.6. The van der Waals surface area contributed by atoms with Crippen molar-refractivity contribution >= 4 is 39.5 Å². The Hall–Kier alpha value is -1.94. The van der Waals surface area contributed by atoms with Crippen LogP contribution in [-0.4, -0.2) is 96.7 Å². The van der Waals surface area contributed by atoms with Gasteiger partial charge in [0.25, 0.3) is 0 Å². The van der Waals surface area contributed by atoms with E-state index < -0.39 is 97.5 Å². The molecule has 0 aromatic rings. The van der Waals surface area contributed by atoms with Crippen molar-refractivity contribution in [1.29, 1.82) is 0 Å². The number of esters is 4. The van der Waals surface area contributed by atoms with Gasteiger partial charge in [0, 0.05) is 25.7 Å². The van der Waals surface area contributed by atoms with E-state index in [1.165, 1.54) is 161 Å².